The predicted molar refractivity (Wildman–Crippen MR) is 112 cm³/mol. The minimum atomic E-state index is -0.352. The van der Waals surface area contributed by atoms with E-state index in [1.54, 1.807) is 24.1 Å². The molecule has 3 rings (SSSR count). The van der Waals surface area contributed by atoms with E-state index in [1.807, 2.05) is 43.1 Å². The molecule has 0 N–H and O–H groups in total. The Labute approximate surface area is 171 Å². The van der Waals surface area contributed by atoms with E-state index in [0.29, 0.717) is 38.2 Å². The van der Waals surface area contributed by atoms with Crippen molar-refractivity contribution >= 4 is 17.3 Å². The molecule has 7 nitrogen and oxygen atoms in total. The lowest BCUT2D eigenvalue weighted by Gasteiger charge is -2.34. The number of piperidine rings is 1. The molecule has 0 bridgehead atoms. The number of rotatable bonds is 6. The molecule has 2 aromatic rings. The third-order valence-corrected chi connectivity index (χ3v) is 5.48. The fourth-order valence-corrected chi connectivity index (χ4v) is 3.93. The van der Waals surface area contributed by atoms with Gasteiger partial charge in [0.25, 0.3) is 5.69 Å². The summed E-state index contributed by atoms with van der Waals surface area (Å²) >= 11 is 0. The number of methoxy groups -OCH3 is 1. The third-order valence-electron chi connectivity index (χ3n) is 5.48. The molecule has 0 saturated carbocycles. The maximum absolute atomic E-state index is 13.0. The van der Waals surface area contributed by atoms with Crippen LogP contribution in [0, 0.1) is 23.0 Å². The van der Waals surface area contributed by atoms with E-state index in [1.165, 1.54) is 6.07 Å². The van der Waals surface area contributed by atoms with Crippen LogP contribution in [0.3, 0.4) is 0 Å². The molecule has 1 aliphatic heterocycles. The summed E-state index contributed by atoms with van der Waals surface area (Å²) in [5.41, 5.74) is 2.85. The number of aryl methyl sites for hydroxylation is 1. The van der Waals surface area contributed by atoms with Gasteiger partial charge in [0.1, 0.15) is 11.4 Å². The van der Waals surface area contributed by atoms with Crippen LogP contribution in [-0.4, -0.2) is 43.0 Å². The Balaban J connectivity index is 1.63. The average molecular weight is 397 g/mol. The number of amides is 1. The minimum Gasteiger partial charge on any atom is -0.496 e. The Kier molecular flexibility index (Phi) is 6.36. The van der Waals surface area contributed by atoms with E-state index in [0.717, 1.165) is 16.9 Å². The molecule has 1 fully saturated rings. The van der Waals surface area contributed by atoms with Gasteiger partial charge in [-0.25, -0.2) is 0 Å². The first-order chi connectivity index (χ1) is 13.9. The number of carbonyl (C=O) groups is 1. The zero-order valence-electron chi connectivity index (χ0n) is 17.1. The molecular weight excluding hydrogens is 370 g/mol. The van der Waals surface area contributed by atoms with Crippen molar-refractivity contribution in [2.24, 2.45) is 5.92 Å². The highest BCUT2D eigenvalue weighted by Crippen LogP contribution is 2.32. The zero-order valence-corrected chi connectivity index (χ0v) is 17.1. The molecule has 1 heterocycles. The number of para-hydroxylation sites is 2. The van der Waals surface area contributed by atoms with E-state index in [9.17, 15) is 14.9 Å². The monoisotopic (exact) mass is 397 g/mol. The van der Waals surface area contributed by atoms with Crippen molar-refractivity contribution < 1.29 is 14.5 Å². The summed E-state index contributed by atoms with van der Waals surface area (Å²) in [6.45, 7) is 3.77. The van der Waals surface area contributed by atoms with Gasteiger partial charge in [-0.05, 0) is 31.9 Å². The fourth-order valence-electron chi connectivity index (χ4n) is 3.93. The number of anilines is 1. The third kappa shape index (κ3) is 4.67. The van der Waals surface area contributed by atoms with Gasteiger partial charge in [-0.15, -0.1) is 0 Å². The molecule has 0 aliphatic carbocycles. The molecule has 0 unspecified atom stereocenters. The van der Waals surface area contributed by atoms with Crippen LogP contribution in [0.4, 0.5) is 11.4 Å². The molecule has 0 aromatic heterocycles. The van der Waals surface area contributed by atoms with E-state index in [4.69, 9.17) is 4.74 Å². The van der Waals surface area contributed by atoms with Crippen molar-refractivity contribution in [3.63, 3.8) is 0 Å². The highest BCUT2D eigenvalue weighted by atomic mass is 16.6. The molecule has 0 radical (unpaired) electrons. The summed E-state index contributed by atoms with van der Waals surface area (Å²) < 4.78 is 5.42. The molecule has 0 spiro atoms. The summed E-state index contributed by atoms with van der Waals surface area (Å²) in [6.07, 6.45) is 1.36. The number of nitro groups is 1. The molecule has 154 valence electrons. The molecule has 1 aliphatic rings. The lowest BCUT2D eigenvalue weighted by molar-refractivity contribution is -0.384. The Morgan fingerprint density at radius 3 is 2.59 bits per heavy atom. The predicted octanol–water partition coefficient (Wildman–Crippen LogP) is 3.79. The van der Waals surface area contributed by atoms with E-state index >= 15 is 0 Å². The van der Waals surface area contributed by atoms with Crippen LogP contribution >= 0.6 is 0 Å². The van der Waals surface area contributed by atoms with Crippen LogP contribution in [-0.2, 0) is 11.3 Å². The second-order valence-electron chi connectivity index (χ2n) is 7.52. The number of hydrogen-bond acceptors (Lipinski definition) is 5. The smallest absolute Gasteiger partial charge is 0.292 e. The average Bonchev–Trinajstić information content (AvgIpc) is 2.73. The Morgan fingerprint density at radius 2 is 1.93 bits per heavy atom. The van der Waals surface area contributed by atoms with Gasteiger partial charge in [0, 0.05) is 44.2 Å². The Hall–Kier alpha value is -3.09. The van der Waals surface area contributed by atoms with E-state index in [-0.39, 0.29) is 22.4 Å². The number of benzene rings is 2. The first kappa shape index (κ1) is 20.6. The molecule has 0 atom stereocenters. The van der Waals surface area contributed by atoms with Gasteiger partial charge >= 0.3 is 0 Å². The summed E-state index contributed by atoms with van der Waals surface area (Å²) in [6, 6.07) is 12.7. The van der Waals surface area contributed by atoms with Crippen molar-refractivity contribution in [3.05, 3.63) is 63.7 Å². The van der Waals surface area contributed by atoms with Gasteiger partial charge in [0.2, 0.25) is 5.91 Å². The first-order valence-electron chi connectivity index (χ1n) is 9.77. The van der Waals surface area contributed by atoms with E-state index < -0.39 is 0 Å². The van der Waals surface area contributed by atoms with Gasteiger partial charge in [0.05, 0.1) is 12.0 Å². The highest BCUT2D eigenvalue weighted by molar-refractivity contribution is 5.79. The van der Waals surface area contributed by atoms with Gasteiger partial charge in [-0.3, -0.25) is 14.9 Å². The second kappa shape index (κ2) is 8.94. The van der Waals surface area contributed by atoms with Crippen LogP contribution in [0.1, 0.15) is 24.0 Å². The quantitative estimate of drug-likeness (QED) is 0.548. The summed E-state index contributed by atoms with van der Waals surface area (Å²) in [4.78, 5) is 27.7. The van der Waals surface area contributed by atoms with Crippen LogP contribution in [0.2, 0.25) is 0 Å². The van der Waals surface area contributed by atoms with E-state index in [2.05, 4.69) is 0 Å². The highest BCUT2D eigenvalue weighted by Gasteiger charge is 2.29. The van der Waals surface area contributed by atoms with Gasteiger partial charge < -0.3 is 14.5 Å². The van der Waals surface area contributed by atoms with Gasteiger partial charge in [-0.1, -0.05) is 29.8 Å². The lowest BCUT2D eigenvalue weighted by Crippen LogP contribution is -2.41. The van der Waals surface area contributed by atoms with Gasteiger partial charge in [-0.2, -0.15) is 0 Å². The molecule has 2 aromatic carbocycles. The maximum atomic E-state index is 13.0. The van der Waals surface area contributed by atoms with Crippen LogP contribution in [0.15, 0.2) is 42.5 Å². The van der Waals surface area contributed by atoms with Crippen LogP contribution < -0.4 is 9.64 Å². The number of nitrogens with zero attached hydrogens (tertiary/aromatic N) is 3. The number of nitro benzene ring substituents is 1. The van der Waals surface area contributed by atoms with Gasteiger partial charge in [0.15, 0.2) is 0 Å². The maximum Gasteiger partial charge on any atom is 0.292 e. The molecule has 1 saturated heterocycles. The summed E-state index contributed by atoms with van der Waals surface area (Å²) in [5, 5.41) is 11.3. The largest absolute Gasteiger partial charge is 0.496 e. The van der Waals surface area contributed by atoms with Crippen LogP contribution in [0.5, 0.6) is 5.75 Å². The number of hydrogen-bond donors (Lipinski definition) is 0. The molecule has 1 amide bonds. The van der Waals surface area contributed by atoms with Crippen molar-refractivity contribution in [3.8, 4) is 5.75 Å². The van der Waals surface area contributed by atoms with Crippen molar-refractivity contribution in [2.75, 3.05) is 32.1 Å². The lowest BCUT2D eigenvalue weighted by atomic mass is 9.94. The fraction of sp³-hybridized carbons (Fsp3) is 0.409. The standard InChI is InChI=1S/C22H27N3O4/c1-16-8-9-21(29-3)18(14-16)15-23(2)22(26)17-10-12-24(13-11-17)19-6-4-5-7-20(19)25(27)28/h4-9,14,17H,10-13,15H2,1-3H3. The summed E-state index contributed by atoms with van der Waals surface area (Å²) in [7, 11) is 3.45. The minimum absolute atomic E-state index is 0.0742. The number of ether oxygens (including phenoxy) is 1. The molecule has 29 heavy (non-hydrogen) atoms. The zero-order chi connectivity index (χ0) is 21.0. The normalized spacial score (nSPS) is 14.5. The second-order valence-corrected chi connectivity index (χ2v) is 7.52. The van der Waals surface area contributed by atoms with Crippen molar-refractivity contribution in [2.45, 2.75) is 26.3 Å². The Bertz CT molecular complexity index is 891. The Morgan fingerprint density at radius 1 is 1.24 bits per heavy atom. The van der Waals surface area contributed by atoms with Crippen molar-refractivity contribution in [1.29, 1.82) is 0 Å². The molecule has 7 heteroatoms. The summed E-state index contributed by atoms with van der Waals surface area (Å²) in [5.74, 6) is 0.812. The topological polar surface area (TPSA) is 75.9 Å². The van der Waals surface area contributed by atoms with Crippen molar-refractivity contribution in [1.82, 2.24) is 4.90 Å². The first-order valence-corrected chi connectivity index (χ1v) is 9.77. The molecular formula is C22H27N3O4. The number of carbonyl (C=O) groups excluding carboxylic acids is 1. The van der Waals surface area contributed by atoms with Crippen LogP contribution in [0.25, 0.3) is 0 Å². The SMILES string of the molecule is COc1ccc(C)cc1CN(C)C(=O)C1CCN(c2ccccc2[N+](=O)[O-])CC1.